The fraction of sp³-hybridized carbons (Fsp3) is 0.875. The standard InChI is InChI=1S/C8H17N2/c1-3-7-5-10-8(4-2)6-9-7/h3,7-10H,4-6H2,1-2H3. The zero-order valence-corrected chi connectivity index (χ0v) is 6.85. The van der Waals surface area contributed by atoms with Crippen molar-refractivity contribution in [3.05, 3.63) is 6.42 Å². The lowest BCUT2D eigenvalue weighted by molar-refractivity contribution is 0.361. The van der Waals surface area contributed by atoms with E-state index in [-0.39, 0.29) is 0 Å². The molecule has 0 aromatic carbocycles. The molecule has 1 fully saturated rings. The molecule has 10 heavy (non-hydrogen) atoms. The second kappa shape index (κ2) is 3.94. The summed E-state index contributed by atoms with van der Waals surface area (Å²) in [6, 6.07) is 1.28. The molecular formula is C8H17N2. The SMILES string of the molecule is C[CH]C1CNC(CC)CN1. The maximum Gasteiger partial charge on any atom is 0.0221 e. The van der Waals surface area contributed by atoms with E-state index in [1.807, 2.05) is 0 Å². The molecule has 1 aliphatic rings. The fourth-order valence-corrected chi connectivity index (χ4v) is 1.26. The van der Waals surface area contributed by atoms with Crippen molar-refractivity contribution in [3.63, 3.8) is 0 Å². The molecule has 1 saturated heterocycles. The van der Waals surface area contributed by atoms with Crippen molar-refractivity contribution in [2.75, 3.05) is 13.1 Å². The third kappa shape index (κ3) is 1.96. The first-order valence-corrected chi connectivity index (χ1v) is 4.13. The Bertz CT molecular complexity index is 73.3. The molecule has 1 radical (unpaired) electrons. The van der Waals surface area contributed by atoms with Crippen LogP contribution in [0.1, 0.15) is 20.3 Å². The van der Waals surface area contributed by atoms with Crippen LogP contribution in [0.2, 0.25) is 0 Å². The van der Waals surface area contributed by atoms with E-state index in [9.17, 15) is 0 Å². The van der Waals surface area contributed by atoms with E-state index >= 15 is 0 Å². The van der Waals surface area contributed by atoms with Crippen molar-refractivity contribution in [3.8, 4) is 0 Å². The first kappa shape index (κ1) is 8.02. The highest BCUT2D eigenvalue weighted by Gasteiger charge is 2.15. The number of piperazine rings is 1. The van der Waals surface area contributed by atoms with E-state index in [2.05, 4.69) is 30.9 Å². The van der Waals surface area contributed by atoms with Gasteiger partial charge >= 0.3 is 0 Å². The molecule has 0 amide bonds. The minimum absolute atomic E-state index is 0.586. The van der Waals surface area contributed by atoms with Crippen molar-refractivity contribution in [1.29, 1.82) is 0 Å². The molecule has 0 bridgehead atoms. The predicted octanol–water partition coefficient (Wildman–Crippen LogP) is 0.551. The van der Waals surface area contributed by atoms with Gasteiger partial charge in [0.15, 0.2) is 0 Å². The predicted molar refractivity (Wildman–Crippen MR) is 43.8 cm³/mol. The summed E-state index contributed by atoms with van der Waals surface area (Å²) in [7, 11) is 0. The van der Waals surface area contributed by atoms with Crippen LogP contribution in [0.3, 0.4) is 0 Å². The quantitative estimate of drug-likeness (QED) is 0.587. The van der Waals surface area contributed by atoms with Crippen LogP contribution in [0.15, 0.2) is 0 Å². The molecule has 1 aliphatic heterocycles. The monoisotopic (exact) mass is 141 g/mol. The van der Waals surface area contributed by atoms with Gasteiger partial charge in [-0.2, -0.15) is 0 Å². The first-order valence-electron chi connectivity index (χ1n) is 4.13. The topological polar surface area (TPSA) is 24.1 Å². The zero-order valence-electron chi connectivity index (χ0n) is 6.85. The van der Waals surface area contributed by atoms with Crippen molar-refractivity contribution in [2.45, 2.75) is 32.4 Å². The molecular weight excluding hydrogens is 124 g/mol. The van der Waals surface area contributed by atoms with Gasteiger partial charge < -0.3 is 10.6 Å². The molecule has 0 aromatic heterocycles. The maximum absolute atomic E-state index is 3.48. The van der Waals surface area contributed by atoms with Gasteiger partial charge in [0.1, 0.15) is 0 Å². The van der Waals surface area contributed by atoms with E-state index in [0.29, 0.717) is 12.1 Å². The van der Waals surface area contributed by atoms with E-state index in [0.717, 1.165) is 13.1 Å². The van der Waals surface area contributed by atoms with Crippen LogP contribution < -0.4 is 10.6 Å². The van der Waals surface area contributed by atoms with Gasteiger partial charge in [-0.25, -0.2) is 0 Å². The minimum Gasteiger partial charge on any atom is -0.311 e. The molecule has 2 heteroatoms. The van der Waals surface area contributed by atoms with Crippen LogP contribution in [0.5, 0.6) is 0 Å². The second-order valence-corrected chi connectivity index (χ2v) is 2.86. The van der Waals surface area contributed by atoms with Crippen LogP contribution in [0.4, 0.5) is 0 Å². The highest BCUT2D eigenvalue weighted by molar-refractivity contribution is 4.88. The van der Waals surface area contributed by atoms with Crippen LogP contribution in [-0.2, 0) is 0 Å². The Labute approximate surface area is 63.4 Å². The molecule has 0 aliphatic carbocycles. The van der Waals surface area contributed by atoms with Gasteiger partial charge in [-0.3, -0.25) is 0 Å². The Hall–Kier alpha value is -0.0800. The first-order chi connectivity index (χ1) is 4.86. The van der Waals surface area contributed by atoms with Gasteiger partial charge in [0.05, 0.1) is 0 Å². The van der Waals surface area contributed by atoms with Gasteiger partial charge in [0, 0.05) is 25.2 Å². The Morgan fingerprint density at radius 2 is 2.20 bits per heavy atom. The Morgan fingerprint density at radius 1 is 1.40 bits per heavy atom. The molecule has 0 spiro atoms. The van der Waals surface area contributed by atoms with E-state index in [1.54, 1.807) is 0 Å². The summed E-state index contributed by atoms with van der Waals surface area (Å²) in [6.07, 6.45) is 3.43. The Morgan fingerprint density at radius 3 is 2.60 bits per heavy atom. The lowest BCUT2D eigenvalue weighted by atomic mass is 10.1. The molecule has 59 valence electrons. The summed E-state index contributed by atoms with van der Waals surface area (Å²) < 4.78 is 0. The van der Waals surface area contributed by atoms with E-state index in [1.165, 1.54) is 6.42 Å². The third-order valence-electron chi connectivity index (χ3n) is 2.15. The molecule has 2 atom stereocenters. The number of rotatable bonds is 2. The van der Waals surface area contributed by atoms with Gasteiger partial charge in [-0.05, 0) is 12.8 Å². The van der Waals surface area contributed by atoms with Crippen molar-refractivity contribution in [1.82, 2.24) is 10.6 Å². The molecule has 1 heterocycles. The van der Waals surface area contributed by atoms with Gasteiger partial charge in [0.25, 0.3) is 0 Å². The van der Waals surface area contributed by atoms with Crippen molar-refractivity contribution < 1.29 is 0 Å². The van der Waals surface area contributed by atoms with Crippen LogP contribution in [0, 0.1) is 6.42 Å². The largest absolute Gasteiger partial charge is 0.311 e. The van der Waals surface area contributed by atoms with Crippen LogP contribution in [-0.4, -0.2) is 25.2 Å². The highest BCUT2D eigenvalue weighted by atomic mass is 15.1. The molecule has 1 rings (SSSR count). The number of nitrogens with one attached hydrogen (secondary N) is 2. The molecule has 0 aromatic rings. The van der Waals surface area contributed by atoms with Gasteiger partial charge in [-0.15, -0.1) is 0 Å². The lowest BCUT2D eigenvalue weighted by Gasteiger charge is -2.29. The van der Waals surface area contributed by atoms with Crippen molar-refractivity contribution in [2.24, 2.45) is 0 Å². The van der Waals surface area contributed by atoms with E-state index in [4.69, 9.17) is 0 Å². The summed E-state index contributed by atoms with van der Waals surface area (Å²) in [5.74, 6) is 0. The minimum atomic E-state index is 0.586. The molecule has 0 saturated carbocycles. The van der Waals surface area contributed by atoms with Crippen molar-refractivity contribution >= 4 is 0 Å². The average Bonchev–Trinajstić information content (AvgIpc) is 2.05. The summed E-state index contributed by atoms with van der Waals surface area (Å²) >= 11 is 0. The van der Waals surface area contributed by atoms with Gasteiger partial charge in [0.2, 0.25) is 0 Å². The van der Waals surface area contributed by atoms with Gasteiger partial charge in [-0.1, -0.05) is 13.8 Å². The highest BCUT2D eigenvalue weighted by Crippen LogP contribution is 1.98. The second-order valence-electron chi connectivity index (χ2n) is 2.86. The summed E-state index contributed by atoms with van der Waals surface area (Å²) in [5.41, 5.74) is 0. The molecule has 2 unspecified atom stereocenters. The smallest absolute Gasteiger partial charge is 0.0221 e. The molecule has 2 N–H and O–H groups in total. The zero-order chi connectivity index (χ0) is 7.40. The summed E-state index contributed by atoms with van der Waals surface area (Å²) in [6.45, 7) is 6.53. The fourth-order valence-electron chi connectivity index (χ4n) is 1.26. The maximum atomic E-state index is 3.48. The molecule has 2 nitrogen and oxygen atoms in total. The van der Waals surface area contributed by atoms with Crippen LogP contribution >= 0.6 is 0 Å². The third-order valence-corrected chi connectivity index (χ3v) is 2.15. The average molecular weight is 141 g/mol. The lowest BCUT2D eigenvalue weighted by Crippen LogP contribution is -2.53. The van der Waals surface area contributed by atoms with E-state index < -0.39 is 0 Å². The summed E-state index contributed by atoms with van der Waals surface area (Å²) in [5, 5.41) is 6.93. The number of hydrogen-bond donors (Lipinski definition) is 2. The Balaban J connectivity index is 2.17. The summed E-state index contributed by atoms with van der Waals surface area (Å²) in [4.78, 5) is 0. The Kier molecular flexibility index (Phi) is 3.16. The number of hydrogen-bond acceptors (Lipinski definition) is 2. The normalized spacial score (nSPS) is 34.2. The van der Waals surface area contributed by atoms with Crippen LogP contribution in [0.25, 0.3) is 0 Å².